The van der Waals surface area contributed by atoms with Crippen LogP contribution in [0.1, 0.15) is 17.5 Å². The maximum Gasteiger partial charge on any atom is 0.147 e. The lowest BCUT2D eigenvalue weighted by Crippen LogP contribution is -2.05. The van der Waals surface area contributed by atoms with E-state index in [4.69, 9.17) is 5.73 Å². The third kappa shape index (κ3) is 3.26. The van der Waals surface area contributed by atoms with Crippen molar-refractivity contribution in [1.29, 1.82) is 0 Å². The summed E-state index contributed by atoms with van der Waals surface area (Å²) >= 11 is 0. The van der Waals surface area contributed by atoms with Crippen molar-refractivity contribution in [2.24, 2.45) is 0 Å². The number of aryl methyl sites for hydroxylation is 1. The fraction of sp³-hybridized carbons (Fsp3) is 0.333. The first kappa shape index (κ1) is 11.5. The van der Waals surface area contributed by atoms with Crippen molar-refractivity contribution in [2.45, 2.75) is 13.3 Å². The third-order valence-electron chi connectivity index (χ3n) is 2.07. The molecule has 0 spiro atoms. The van der Waals surface area contributed by atoms with Gasteiger partial charge in [0.05, 0.1) is 5.69 Å². The molecule has 0 fully saturated rings. The summed E-state index contributed by atoms with van der Waals surface area (Å²) < 4.78 is 13.1. The fourth-order valence-corrected chi connectivity index (χ4v) is 1.18. The van der Waals surface area contributed by atoms with Crippen LogP contribution < -0.4 is 11.1 Å². The number of halogens is 1. The average Bonchev–Trinajstić information content (AvgIpc) is 2.20. The Labute approximate surface area is 89.7 Å². The van der Waals surface area contributed by atoms with Crippen molar-refractivity contribution in [1.82, 2.24) is 5.32 Å². The SMILES string of the molecule is CNCCC#Cc1cc(F)c(N)cc1C. The zero-order chi connectivity index (χ0) is 11.3. The van der Waals surface area contributed by atoms with Crippen LogP contribution in [0.25, 0.3) is 0 Å². The Hall–Kier alpha value is -1.53. The highest BCUT2D eigenvalue weighted by atomic mass is 19.1. The van der Waals surface area contributed by atoms with E-state index in [1.165, 1.54) is 6.07 Å². The van der Waals surface area contributed by atoms with E-state index in [2.05, 4.69) is 17.2 Å². The Balaban J connectivity index is 2.84. The quantitative estimate of drug-likeness (QED) is 0.439. The van der Waals surface area contributed by atoms with Crippen LogP contribution in [0.15, 0.2) is 12.1 Å². The minimum absolute atomic E-state index is 0.174. The van der Waals surface area contributed by atoms with Crippen LogP contribution in [0.3, 0.4) is 0 Å². The van der Waals surface area contributed by atoms with Crippen molar-refractivity contribution < 1.29 is 4.39 Å². The Morgan fingerprint density at radius 3 is 2.87 bits per heavy atom. The van der Waals surface area contributed by atoms with Crippen molar-refractivity contribution >= 4 is 5.69 Å². The van der Waals surface area contributed by atoms with Crippen molar-refractivity contribution in [3.8, 4) is 11.8 Å². The molecule has 0 radical (unpaired) electrons. The molecule has 1 aromatic carbocycles. The van der Waals surface area contributed by atoms with Crippen LogP contribution in [0, 0.1) is 24.6 Å². The van der Waals surface area contributed by atoms with E-state index in [0.717, 1.165) is 18.5 Å². The summed E-state index contributed by atoms with van der Waals surface area (Å²) in [5.41, 5.74) is 7.22. The van der Waals surface area contributed by atoms with Crippen molar-refractivity contribution in [2.75, 3.05) is 19.3 Å². The molecule has 1 rings (SSSR count). The molecule has 0 amide bonds. The monoisotopic (exact) mass is 206 g/mol. The van der Waals surface area contributed by atoms with Gasteiger partial charge in [-0.1, -0.05) is 11.8 Å². The van der Waals surface area contributed by atoms with E-state index in [1.807, 2.05) is 14.0 Å². The van der Waals surface area contributed by atoms with Crippen LogP contribution in [-0.2, 0) is 0 Å². The second kappa shape index (κ2) is 5.38. The van der Waals surface area contributed by atoms with Gasteiger partial charge in [-0.15, -0.1) is 0 Å². The molecule has 3 heteroatoms. The first-order valence-electron chi connectivity index (χ1n) is 4.84. The van der Waals surface area contributed by atoms with E-state index in [1.54, 1.807) is 6.07 Å². The average molecular weight is 206 g/mol. The summed E-state index contributed by atoms with van der Waals surface area (Å²) in [7, 11) is 1.87. The van der Waals surface area contributed by atoms with E-state index in [-0.39, 0.29) is 5.69 Å². The summed E-state index contributed by atoms with van der Waals surface area (Å²) in [6.45, 7) is 2.71. The number of hydrogen-bond donors (Lipinski definition) is 2. The third-order valence-corrected chi connectivity index (χ3v) is 2.07. The lowest BCUT2D eigenvalue weighted by molar-refractivity contribution is 0.631. The Morgan fingerprint density at radius 2 is 2.20 bits per heavy atom. The molecule has 0 bridgehead atoms. The van der Waals surface area contributed by atoms with Gasteiger partial charge >= 0.3 is 0 Å². The number of nitrogens with one attached hydrogen (secondary N) is 1. The van der Waals surface area contributed by atoms with Gasteiger partial charge in [-0.05, 0) is 31.7 Å². The van der Waals surface area contributed by atoms with E-state index in [9.17, 15) is 4.39 Å². The lowest BCUT2D eigenvalue weighted by atomic mass is 10.1. The number of hydrogen-bond acceptors (Lipinski definition) is 2. The molecule has 15 heavy (non-hydrogen) atoms. The van der Waals surface area contributed by atoms with Gasteiger partial charge in [-0.3, -0.25) is 0 Å². The summed E-state index contributed by atoms with van der Waals surface area (Å²) in [6.07, 6.45) is 0.752. The Kier molecular flexibility index (Phi) is 4.14. The predicted octanol–water partition coefficient (Wildman–Crippen LogP) is 1.68. The number of anilines is 1. The summed E-state index contributed by atoms with van der Waals surface area (Å²) in [5, 5.41) is 2.99. The van der Waals surface area contributed by atoms with Crippen LogP contribution in [0.4, 0.5) is 10.1 Å². The Morgan fingerprint density at radius 1 is 1.47 bits per heavy atom. The Bertz CT molecular complexity index is 402. The number of nitrogens with two attached hydrogens (primary N) is 1. The molecule has 1 aromatic rings. The molecule has 3 N–H and O–H groups in total. The highest BCUT2D eigenvalue weighted by Gasteiger charge is 2.01. The summed E-state index contributed by atoms with van der Waals surface area (Å²) in [6, 6.07) is 2.99. The normalized spacial score (nSPS) is 9.53. The molecule has 2 nitrogen and oxygen atoms in total. The maximum absolute atomic E-state index is 13.1. The number of rotatable bonds is 2. The van der Waals surface area contributed by atoms with Crippen molar-refractivity contribution in [3.05, 3.63) is 29.1 Å². The number of nitrogen functional groups attached to an aromatic ring is 1. The van der Waals surface area contributed by atoms with Gasteiger partial charge in [-0.2, -0.15) is 0 Å². The molecule has 0 atom stereocenters. The minimum Gasteiger partial charge on any atom is -0.396 e. The van der Waals surface area contributed by atoms with Gasteiger partial charge in [0, 0.05) is 18.5 Å². The molecule has 0 aliphatic heterocycles. The molecule has 0 saturated carbocycles. The molecule has 80 valence electrons. The molecular formula is C12H15FN2. The van der Waals surface area contributed by atoms with Crippen LogP contribution in [0.5, 0.6) is 0 Å². The van der Waals surface area contributed by atoms with E-state index < -0.39 is 5.82 Å². The molecule has 0 heterocycles. The zero-order valence-electron chi connectivity index (χ0n) is 9.02. The lowest BCUT2D eigenvalue weighted by Gasteiger charge is -2.01. The minimum atomic E-state index is -0.404. The van der Waals surface area contributed by atoms with Crippen molar-refractivity contribution in [3.63, 3.8) is 0 Å². The molecular weight excluding hydrogens is 191 g/mol. The van der Waals surface area contributed by atoms with Gasteiger partial charge < -0.3 is 11.1 Å². The summed E-state index contributed by atoms with van der Waals surface area (Å²) in [4.78, 5) is 0. The molecule has 0 aliphatic carbocycles. The van der Waals surface area contributed by atoms with Gasteiger partial charge in [0.1, 0.15) is 5.82 Å². The number of benzene rings is 1. The van der Waals surface area contributed by atoms with Crippen LogP contribution >= 0.6 is 0 Å². The van der Waals surface area contributed by atoms with Gasteiger partial charge in [-0.25, -0.2) is 4.39 Å². The molecule has 0 saturated heterocycles. The summed E-state index contributed by atoms with van der Waals surface area (Å²) in [5.74, 6) is 5.50. The second-order valence-corrected chi connectivity index (χ2v) is 3.34. The van der Waals surface area contributed by atoms with Gasteiger partial charge in [0.25, 0.3) is 0 Å². The first-order valence-corrected chi connectivity index (χ1v) is 4.84. The zero-order valence-corrected chi connectivity index (χ0v) is 9.02. The molecule has 0 aliphatic rings. The standard InChI is InChI=1S/C12H15FN2/c1-9-7-12(14)11(13)8-10(9)5-3-4-6-15-2/h7-8,15H,4,6,14H2,1-2H3. The second-order valence-electron chi connectivity index (χ2n) is 3.34. The first-order chi connectivity index (χ1) is 7.15. The fourth-order valence-electron chi connectivity index (χ4n) is 1.18. The topological polar surface area (TPSA) is 38.0 Å². The predicted molar refractivity (Wildman–Crippen MR) is 61.0 cm³/mol. The van der Waals surface area contributed by atoms with Crippen LogP contribution in [0.2, 0.25) is 0 Å². The molecule has 0 unspecified atom stereocenters. The van der Waals surface area contributed by atoms with Gasteiger partial charge in [0.15, 0.2) is 0 Å². The molecule has 0 aromatic heterocycles. The highest BCUT2D eigenvalue weighted by Crippen LogP contribution is 2.15. The van der Waals surface area contributed by atoms with Crippen LogP contribution in [-0.4, -0.2) is 13.6 Å². The van der Waals surface area contributed by atoms with Gasteiger partial charge in [0.2, 0.25) is 0 Å². The largest absolute Gasteiger partial charge is 0.396 e. The van der Waals surface area contributed by atoms with E-state index in [0.29, 0.717) is 5.56 Å². The smallest absolute Gasteiger partial charge is 0.147 e. The van der Waals surface area contributed by atoms with E-state index >= 15 is 0 Å². The highest BCUT2D eigenvalue weighted by molar-refractivity contribution is 5.51. The maximum atomic E-state index is 13.1.